The second kappa shape index (κ2) is 9.37. The number of sulfonamides is 1. The molecule has 28 heavy (non-hydrogen) atoms. The molecule has 156 valence electrons. The van der Waals surface area contributed by atoms with Crippen LogP contribution in [0.25, 0.3) is 0 Å². The summed E-state index contributed by atoms with van der Waals surface area (Å²) in [6, 6.07) is 8.95. The Hall–Kier alpha value is -1.44. The van der Waals surface area contributed by atoms with Gasteiger partial charge in [-0.3, -0.25) is 9.69 Å². The third-order valence-corrected chi connectivity index (χ3v) is 7.48. The van der Waals surface area contributed by atoms with E-state index >= 15 is 0 Å². The van der Waals surface area contributed by atoms with Gasteiger partial charge in [0.1, 0.15) is 0 Å². The number of rotatable bonds is 6. The first-order valence-corrected chi connectivity index (χ1v) is 12.2. The Bertz CT molecular complexity index is 773. The van der Waals surface area contributed by atoms with Crippen LogP contribution in [0.1, 0.15) is 50.2 Å². The van der Waals surface area contributed by atoms with Gasteiger partial charge in [-0.2, -0.15) is 0 Å². The molecule has 2 fully saturated rings. The smallest absolute Gasteiger partial charge is 0.223 e. The number of nitrogens with one attached hydrogen (secondary N) is 1. The molecule has 0 bridgehead atoms. The molecule has 6 nitrogen and oxygen atoms in total. The molecular formula is C21H33N3O3S. The molecular weight excluding hydrogens is 374 g/mol. The van der Waals surface area contributed by atoms with Gasteiger partial charge in [-0.15, -0.1) is 0 Å². The fraction of sp³-hybridized carbons (Fsp3) is 0.667. The van der Waals surface area contributed by atoms with E-state index in [-0.39, 0.29) is 11.8 Å². The average Bonchev–Trinajstić information content (AvgIpc) is 2.68. The maximum atomic E-state index is 12.6. The van der Waals surface area contributed by atoms with Gasteiger partial charge in [0.25, 0.3) is 0 Å². The van der Waals surface area contributed by atoms with Crippen LogP contribution < -0.4 is 5.32 Å². The van der Waals surface area contributed by atoms with Crippen LogP contribution in [0.5, 0.6) is 0 Å². The van der Waals surface area contributed by atoms with Gasteiger partial charge in [-0.1, -0.05) is 30.7 Å². The van der Waals surface area contributed by atoms with E-state index in [9.17, 15) is 13.2 Å². The van der Waals surface area contributed by atoms with Crippen LogP contribution in [0.15, 0.2) is 24.3 Å². The third kappa shape index (κ3) is 5.55. The molecule has 2 saturated heterocycles. The molecule has 0 saturated carbocycles. The van der Waals surface area contributed by atoms with Crippen molar-refractivity contribution in [1.29, 1.82) is 0 Å². The normalized spacial score (nSPS) is 22.9. The lowest BCUT2D eigenvalue weighted by atomic mass is 9.97. The number of hydrogen-bond acceptors (Lipinski definition) is 4. The number of nitrogens with zero attached hydrogens (tertiary/aromatic N) is 2. The molecule has 1 N–H and O–H groups in total. The zero-order chi connectivity index (χ0) is 20.1. The maximum absolute atomic E-state index is 12.6. The summed E-state index contributed by atoms with van der Waals surface area (Å²) < 4.78 is 24.7. The van der Waals surface area contributed by atoms with Crippen molar-refractivity contribution in [2.75, 3.05) is 25.9 Å². The average molecular weight is 408 g/mol. The Morgan fingerprint density at radius 2 is 1.75 bits per heavy atom. The number of benzene rings is 1. The summed E-state index contributed by atoms with van der Waals surface area (Å²) in [5.74, 6) is -0.0680. The van der Waals surface area contributed by atoms with Crippen LogP contribution in [0.4, 0.5) is 0 Å². The molecule has 1 aromatic carbocycles. The molecule has 0 aromatic heterocycles. The highest BCUT2D eigenvalue weighted by atomic mass is 32.2. The molecule has 1 aromatic rings. The fourth-order valence-corrected chi connectivity index (χ4v) is 5.15. The summed E-state index contributed by atoms with van der Waals surface area (Å²) >= 11 is 0. The Morgan fingerprint density at radius 1 is 1.07 bits per heavy atom. The zero-order valence-corrected chi connectivity index (χ0v) is 17.9. The summed E-state index contributed by atoms with van der Waals surface area (Å²) in [4.78, 5) is 15.1. The minimum Gasteiger partial charge on any atom is -0.352 e. The lowest BCUT2D eigenvalue weighted by molar-refractivity contribution is -0.126. The summed E-state index contributed by atoms with van der Waals surface area (Å²) in [7, 11) is -3.16. The Balaban J connectivity index is 1.54. The molecule has 7 heteroatoms. The Kier molecular flexibility index (Phi) is 7.12. The van der Waals surface area contributed by atoms with E-state index in [1.54, 1.807) is 0 Å². The quantitative estimate of drug-likeness (QED) is 0.786. The van der Waals surface area contributed by atoms with Gasteiger partial charge >= 0.3 is 0 Å². The Labute approximate surface area is 169 Å². The molecule has 3 rings (SSSR count). The second-order valence-corrected chi connectivity index (χ2v) is 10.2. The van der Waals surface area contributed by atoms with Crippen molar-refractivity contribution in [3.05, 3.63) is 35.4 Å². The first-order chi connectivity index (χ1) is 13.3. The van der Waals surface area contributed by atoms with Gasteiger partial charge in [0, 0.05) is 38.1 Å². The first kappa shape index (κ1) is 21.3. The highest BCUT2D eigenvalue weighted by Gasteiger charge is 2.29. The minimum atomic E-state index is -3.16. The SMILES string of the molecule is CC1CCCCN1Cc1ccccc1CNC(=O)C1CCN(S(C)(=O)=O)CC1. The Morgan fingerprint density at radius 3 is 2.39 bits per heavy atom. The highest BCUT2D eigenvalue weighted by molar-refractivity contribution is 7.88. The van der Waals surface area contributed by atoms with E-state index in [4.69, 9.17) is 0 Å². The molecule has 2 heterocycles. The number of carbonyl (C=O) groups excluding carboxylic acids is 1. The van der Waals surface area contributed by atoms with Crippen LogP contribution in [-0.2, 0) is 27.9 Å². The van der Waals surface area contributed by atoms with E-state index < -0.39 is 10.0 Å². The third-order valence-electron chi connectivity index (χ3n) is 6.18. The number of piperidine rings is 2. The molecule has 2 aliphatic rings. The van der Waals surface area contributed by atoms with Gasteiger partial charge in [0.15, 0.2) is 0 Å². The molecule has 2 aliphatic heterocycles. The molecule has 1 unspecified atom stereocenters. The molecule has 0 spiro atoms. The minimum absolute atomic E-state index is 0.0364. The lowest BCUT2D eigenvalue weighted by Gasteiger charge is -2.34. The van der Waals surface area contributed by atoms with Crippen LogP contribution in [0.2, 0.25) is 0 Å². The second-order valence-electron chi connectivity index (χ2n) is 8.24. The fourth-order valence-electron chi connectivity index (χ4n) is 4.27. The van der Waals surface area contributed by atoms with Crippen molar-refractivity contribution >= 4 is 15.9 Å². The standard InChI is InChI=1S/C21H33N3O3S/c1-17-7-5-6-12-23(17)16-20-9-4-3-8-19(20)15-22-21(25)18-10-13-24(14-11-18)28(2,26)27/h3-4,8-9,17-18H,5-7,10-16H2,1-2H3,(H,22,25). The van der Waals surface area contributed by atoms with Crippen LogP contribution in [0.3, 0.4) is 0 Å². The summed E-state index contributed by atoms with van der Waals surface area (Å²) in [6.07, 6.45) is 6.24. The van der Waals surface area contributed by atoms with E-state index in [0.717, 1.165) is 13.1 Å². The molecule has 1 amide bonds. The van der Waals surface area contributed by atoms with E-state index in [1.807, 2.05) is 6.07 Å². The maximum Gasteiger partial charge on any atom is 0.223 e. The zero-order valence-electron chi connectivity index (χ0n) is 17.1. The molecule has 1 atom stereocenters. The van der Waals surface area contributed by atoms with Crippen LogP contribution in [0, 0.1) is 5.92 Å². The van der Waals surface area contributed by atoms with Crippen LogP contribution >= 0.6 is 0 Å². The molecule has 0 radical (unpaired) electrons. The van der Waals surface area contributed by atoms with Gasteiger partial charge in [-0.05, 0) is 50.3 Å². The molecule has 0 aliphatic carbocycles. The predicted molar refractivity (Wildman–Crippen MR) is 111 cm³/mol. The summed E-state index contributed by atoms with van der Waals surface area (Å²) in [6.45, 7) is 5.76. The number of likely N-dealkylation sites (tertiary alicyclic amines) is 1. The monoisotopic (exact) mass is 407 g/mol. The number of carbonyl (C=O) groups is 1. The van der Waals surface area contributed by atoms with Gasteiger partial charge < -0.3 is 5.32 Å². The van der Waals surface area contributed by atoms with Gasteiger partial charge in [-0.25, -0.2) is 12.7 Å². The van der Waals surface area contributed by atoms with Crippen LogP contribution in [-0.4, -0.2) is 55.5 Å². The van der Waals surface area contributed by atoms with E-state index in [1.165, 1.54) is 41.0 Å². The number of amides is 1. The topological polar surface area (TPSA) is 69.7 Å². The summed E-state index contributed by atoms with van der Waals surface area (Å²) in [5, 5.41) is 3.09. The van der Waals surface area contributed by atoms with Gasteiger partial charge in [0.2, 0.25) is 15.9 Å². The predicted octanol–water partition coefficient (Wildman–Crippen LogP) is 2.35. The highest BCUT2D eigenvalue weighted by Crippen LogP contribution is 2.22. The largest absolute Gasteiger partial charge is 0.352 e. The van der Waals surface area contributed by atoms with Crippen molar-refractivity contribution < 1.29 is 13.2 Å². The summed E-state index contributed by atoms with van der Waals surface area (Å²) in [5.41, 5.74) is 2.45. The van der Waals surface area contributed by atoms with Crippen molar-refractivity contribution in [3.63, 3.8) is 0 Å². The van der Waals surface area contributed by atoms with Gasteiger partial charge in [0.05, 0.1) is 6.26 Å². The first-order valence-electron chi connectivity index (χ1n) is 10.4. The van der Waals surface area contributed by atoms with Crippen molar-refractivity contribution in [2.24, 2.45) is 5.92 Å². The van der Waals surface area contributed by atoms with Crippen molar-refractivity contribution in [2.45, 2.75) is 58.2 Å². The lowest BCUT2D eigenvalue weighted by Crippen LogP contribution is -2.42. The van der Waals surface area contributed by atoms with Crippen molar-refractivity contribution in [1.82, 2.24) is 14.5 Å². The van der Waals surface area contributed by atoms with E-state index in [0.29, 0.717) is 38.5 Å². The van der Waals surface area contributed by atoms with E-state index in [2.05, 4.69) is 35.3 Å². The van der Waals surface area contributed by atoms with Crippen molar-refractivity contribution in [3.8, 4) is 0 Å². The number of hydrogen-bond donors (Lipinski definition) is 1.